The number of hydrogen-bond donors (Lipinski definition) is 1. The highest BCUT2D eigenvalue weighted by atomic mass is 35.5. The fraction of sp³-hybridized carbons (Fsp3) is 0.538. The fourth-order valence-corrected chi connectivity index (χ4v) is 1.92. The van der Waals surface area contributed by atoms with Crippen molar-refractivity contribution in [2.75, 3.05) is 27.2 Å². The van der Waals surface area contributed by atoms with Gasteiger partial charge in [-0.25, -0.2) is 0 Å². The molecule has 0 aliphatic carbocycles. The minimum absolute atomic E-state index is 0.298. The number of benzene rings is 1. The Hall–Kier alpha value is -0.280. The molecule has 0 aliphatic heterocycles. The molecule has 96 valence electrons. The van der Waals surface area contributed by atoms with Crippen LogP contribution in [-0.4, -0.2) is 32.1 Å². The zero-order valence-electron chi connectivity index (χ0n) is 10.6. The highest BCUT2D eigenvalue weighted by molar-refractivity contribution is 6.42. The number of hydrogen-bond acceptors (Lipinski definition) is 2. The van der Waals surface area contributed by atoms with Gasteiger partial charge in [0.2, 0.25) is 0 Å². The van der Waals surface area contributed by atoms with E-state index in [1.54, 1.807) is 0 Å². The van der Waals surface area contributed by atoms with Crippen molar-refractivity contribution in [1.29, 1.82) is 0 Å². The molecule has 0 spiro atoms. The van der Waals surface area contributed by atoms with Gasteiger partial charge >= 0.3 is 0 Å². The smallest absolute Gasteiger partial charge is 0.0595 e. The SMILES string of the molecule is CC(NCCCN(C)C)c1ccc(Cl)c(Cl)c1. The summed E-state index contributed by atoms with van der Waals surface area (Å²) in [5, 5.41) is 4.70. The molecule has 1 unspecified atom stereocenters. The molecule has 1 rings (SSSR count). The summed E-state index contributed by atoms with van der Waals surface area (Å²) in [5.74, 6) is 0. The normalized spacial score (nSPS) is 13.1. The molecule has 0 aromatic heterocycles. The van der Waals surface area contributed by atoms with Gasteiger partial charge in [-0.15, -0.1) is 0 Å². The molecule has 0 saturated heterocycles. The van der Waals surface area contributed by atoms with E-state index in [-0.39, 0.29) is 0 Å². The molecule has 0 aliphatic rings. The Kier molecular flexibility index (Phi) is 6.28. The maximum Gasteiger partial charge on any atom is 0.0595 e. The van der Waals surface area contributed by atoms with Crippen LogP contribution >= 0.6 is 23.2 Å². The molecule has 1 aromatic carbocycles. The Bertz CT molecular complexity index is 353. The van der Waals surface area contributed by atoms with Crippen LogP contribution < -0.4 is 5.32 Å². The maximum atomic E-state index is 5.99. The minimum Gasteiger partial charge on any atom is -0.310 e. The average Bonchev–Trinajstić information content (AvgIpc) is 2.27. The first kappa shape index (κ1) is 14.8. The summed E-state index contributed by atoms with van der Waals surface area (Å²) in [5.41, 5.74) is 1.17. The lowest BCUT2D eigenvalue weighted by molar-refractivity contribution is 0.389. The molecule has 1 aromatic rings. The zero-order valence-corrected chi connectivity index (χ0v) is 12.1. The number of rotatable bonds is 6. The van der Waals surface area contributed by atoms with E-state index in [0.29, 0.717) is 16.1 Å². The van der Waals surface area contributed by atoms with Crippen molar-refractivity contribution in [2.24, 2.45) is 0 Å². The van der Waals surface area contributed by atoms with E-state index in [1.807, 2.05) is 18.2 Å². The van der Waals surface area contributed by atoms with Gasteiger partial charge < -0.3 is 10.2 Å². The van der Waals surface area contributed by atoms with E-state index in [4.69, 9.17) is 23.2 Å². The second-order valence-corrected chi connectivity index (χ2v) is 5.32. The summed E-state index contributed by atoms with van der Waals surface area (Å²) < 4.78 is 0. The summed E-state index contributed by atoms with van der Waals surface area (Å²) in [7, 11) is 4.17. The molecule has 0 heterocycles. The first-order chi connectivity index (χ1) is 8.00. The molecule has 2 nitrogen and oxygen atoms in total. The largest absolute Gasteiger partial charge is 0.310 e. The van der Waals surface area contributed by atoms with Gasteiger partial charge in [-0.1, -0.05) is 29.3 Å². The summed E-state index contributed by atoms with van der Waals surface area (Å²) >= 11 is 11.9. The third-order valence-electron chi connectivity index (χ3n) is 2.68. The van der Waals surface area contributed by atoms with Gasteiger partial charge in [0.1, 0.15) is 0 Å². The van der Waals surface area contributed by atoms with E-state index in [2.05, 4.69) is 31.2 Å². The van der Waals surface area contributed by atoms with E-state index in [0.717, 1.165) is 19.5 Å². The molecule has 1 N–H and O–H groups in total. The van der Waals surface area contributed by atoms with Crippen molar-refractivity contribution in [3.05, 3.63) is 33.8 Å². The van der Waals surface area contributed by atoms with Crippen LogP contribution in [0.15, 0.2) is 18.2 Å². The molecule has 0 bridgehead atoms. The van der Waals surface area contributed by atoms with E-state index >= 15 is 0 Å². The van der Waals surface area contributed by atoms with Gasteiger partial charge in [-0.05, 0) is 58.2 Å². The molecule has 17 heavy (non-hydrogen) atoms. The van der Waals surface area contributed by atoms with Crippen LogP contribution in [0.2, 0.25) is 10.0 Å². The Morgan fingerprint density at radius 1 is 1.24 bits per heavy atom. The van der Waals surface area contributed by atoms with Gasteiger partial charge in [0, 0.05) is 6.04 Å². The summed E-state index contributed by atoms with van der Waals surface area (Å²) in [6.45, 7) is 4.23. The second kappa shape index (κ2) is 7.22. The standard InChI is InChI=1S/C13H20Cl2N2/c1-10(16-7-4-8-17(2)3)11-5-6-12(14)13(15)9-11/h5-6,9-10,16H,4,7-8H2,1-3H3. The van der Waals surface area contributed by atoms with Crippen LogP contribution in [0.1, 0.15) is 24.9 Å². The van der Waals surface area contributed by atoms with Crippen LogP contribution in [0.3, 0.4) is 0 Å². The van der Waals surface area contributed by atoms with Gasteiger partial charge in [0.05, 0.1) is 10.0 Å². The molecule has 0 radical (unpaired) electrons. The molecular weight excluding hydrogens is 255 g/mol. The van der Waals surface area contributed by atoms with Gasteiger partial charge in [0.15, 0.2) is 0 Å². The second-order valence-electron chi connectivity index (χ2n) is 4.51. The van der Waals surface area contributed by atoms with Crippen LogP contribution in [0.5, 0.6) is 0 Å². The number of nitrogens with zero attached hydrogens (tertiary/aromatic N) is 1. The first-order valence-corrected chi connectivity index (χ1v) is 6.59. The van der Waals surface area contributed by atoms with Crippen molar-refractivity contribution in [1.82, 2.24) is 10.2 Å². The Labute approximate surface area is 114 Å². The van der Waals surface area contributed by atoms with E-state index in [1.165, 1.54) is 5.56 Å². The molecule has 0 amide bonds. The molecule has 1 atom stereocenters. The maximum absolute atomic E-state index is 5.99. The lowest BCUT2D eigenvalue weighted by atomic mass is 10.1. The Morgan fingerprint density at radius 3 is 2.53 bits per heavy atom. The Morgan fingerprint density at radius 2 is 1.94 bits per heavy atom. The van der Waals surface area contributed by atoms with E-state index < -0.39 is 0 Å². The molecular formula is C13H20Cl2N2. The fourth-order valence-electron chi connectivity index (χ4n) is 1.61. The third kappa shape index (κ3) is 5.26. The van der Waals surface area contributed by atoms with Crippen LogP contribution in [0.4, 0.5) is 0 Å². The first-order valence-electron chi connectivity index (χ1n) is 5.83. The molecule has 4 heteroatoms. The Balaban J connectivity index is 2.41. The van der Waals surface area contributed by atoms with Gasteiger partial charge in [-0.3, -0.25) is 0 Å². The predicted molar refractivity (Wildman–Crippen MR) is 76.1 cm³/mol. The van der Waals surface area contributed by atoms with Crippen LogP contribution in [0, 0.1) is 0 Å². The monoisotopic (exact) mass is 274 g/mol. The van der Waals surface area contributed by atoms with Crippen molar-refractivity contribution >= 4 is 23.2 Å². The third-order valence-corrected chi connectivity index (χ3v) is 3.42. The molecule has 0 saturated carbocycles. The zero-order chi connectivity index (χ0) is 12.8. The topological polar surface area (TPSA) is 15.3 Å². The highest BCUT2D eigenvalue weighted by Crippen LogP contribution is 2.25. The van der Waals surface area contributed by atoms with Crippen molar-refractivity contribution in [3.8, 4) is 0 Å². The average molecular weight is 275 g/mol. The highest BCUT2D eigenvalue weighted by Gasteiger charge is 2.06. The lowest BCUT2D eigenvalue weighted by Crippen LogP contribution is -2.23. The van der Waals surface area contributed by atoms with Crippen LogP contribution in [0.25, 0.3) is 0 Å². The van der Waals surface area contributed by atoms with Crippen LogP contribution in [-0.2, 0) is 0 Å². The summed E-state index contributed by atoms with van der Waals surface area (Å²) in [4.78, 5) is 2.19. The molecule has 0 fully saturated rings. The lowest BCUT2D eigenvalue weighted by Gasteiger charge is -2.16. The van der Waals surface area contributed by atoms with Gasteiger partial charge in [0.25, 0.3) is 0 Å². The van der Waals surface area contributed by atoms with Crippen molar-refractivity contribution in [2.45, 2.75) is 19.4 Å². The summed E-state index contributed by atoms with van der Waals surface area (Å²) in [6, 6.07) is 6.08. The van der Waals surface area contributed by atoms with Gasteiger partial charge in [-0.2, -0.15) is 0 Å². The summed E-state index contributed by atoms with van der Waals surface area (Å²) in [6.07, 6.45) is 1.14. The van der Waals surface area contributed by atoms with Crippen molar-refractivity contribution in [3.63, 3.8) is 0 Å². The minimum atomic E-state index is 0.298. The number of nitrogens with one attached hydrogen (secondary N) is 1. The predicted octanol–water partition coefficient (Wildman–Crippen LogP) is 3.60. The van der Waals surface area contributed by atoms with E-state index in [9.17, 15) is 0 Å². The van der Waals surface area contributed by atoms with Crippen molar-refractivity contribution < 1.29 is 0 Å². The number of halogens is 2. The quantitative estimate of drug-likeness (QED) is 0.798.